The summed E-state index contributed by atoms with van der Waals surface area (Å²) in [5, 5.41) is 8.65. The highest BCUT2D eigenvalue weighted by Gasteiger charge is 2.35. The number of nitrogens with zero attached hydrogens (tertiary/aromatic N) is 1. The Labute approximate surface area is 119 Å². The van der Waals surface area contributed by atoms with Crippen molar-refractivity contribution in [3.8, 4) is 11.8 Å². The largest absolute Gasteiger partial charge is 0.384 e. The van der Waals surface area contributed by atoms with Gasteiger partial charge in [0.05, 0.1) is 0 Å². The van der Waals surface area contributed by atoms with Gasteiger partial charge in [-0.2, -0.15) is 0 Å². The van der Waals surface area contributed by atoms with E-state index in [4.69, 9.17) is 5.11 Å². The second kappa shape index (κ2) is 5.95. The summed E-state index contributed by atoms with van der Waals surface area (Å²) in [7, 11) is 0. The molecule has 2 aliphatic rings. The van der Waals surface area contributed by atoms with Crippen molar-refractivity contribution in [1.82, 2.24) is 4.90 Å². The van der Waals surface area contributed by atoms with Gasteiger partial charge in [0.2, 0.25) is 0 Å². The van der Waals surface area contributed by atoms with Gasteiger partial charge in [0, 0.05) is 30.8 Å². The third-order valence-electron chi connectivity index (χ3n) is 4.56. The van der Waals surface area contributed by atoms with Crippen molar-refractivity contribution in [3.63, 3.8) is 0 Å². The Morgan fingerprint density at radius 2 is 2.00 bits per heavy atom. The number of rotatable bonds is 2. The van der Waals surface area contributed by atoms with E-state index in [1.54, 1.807) is 0 Å². The van der Waals surface area contributed by atoms with Crippen LogP contribution in [0.4, 0.5) is 4.39 Å². The molecular weight excluding hydrogens is 253 g/mol. The molecule has 1 saturated carbocycles. The van der Waals surface area contributed by atoms with Crippen molar-refractivity contribution < 1.29 is 9.50 Å². The predicted octanol–water partition coefficient (Wildman–Crippen LogP) is 2.40. The summed E-state index contributed by atoms with van der Waals surface area (Å²) in [6.07, 6.45) is 4.06. The normalized spacial score (nSPS) is 25.3. The van der Waals surface area contributed by atoms with Gasteiger partial charge in [-0.25, -0.2) is 4.39 Å². The summed E-state index contributed by atoms with van der Waals surface area (Å²) in [5.41, 5.74) is 1.37. The molecule has 1 heterocycles. The summed E-state index contributed by atoms with van der Waals surface area (Å²) >= 11 is 0. The first-order chi connectivity index (χ1) is 9.76. The third kappa shape index (κ3) is 2.87. The zero-order valence-electron chi connectivity index (χ0n) is 11.6. The quantitative estimate of drug-likeness (QED) is 0.836. The van der Waals surface area contributed by atoms with Gasteiger partial charge in [-0.05, 0) is 36.8 Å². The minimum atomic E-state index is -0.195. The van der Waals surface area contributed by atoms with Crippen molar-refractivity contribution in [1.29, 1.82) is 0 Å². The number of aliphatic hydroxyl groups is 1. The van der Waals surface area contributed by atoms with Crippen LogP contribution >= 0.6 is 0 Å². The highest BCUT2D eigenvalue weighted by atomic mass is 19.1. The van der Waals surface area contributed by atoms with E-state index < -0.39 is 0 Å². The van der Waals surface area contributed by atoms with E-state index in [1.807, 2.05) is 12.1 Å². The van der Waals surface area contributed by atoms with Crippen LogP contribution in [0, 0.1) is 29.5 Å². The summed E-state index contributed by atoms with van der Waals surface area (Å²) < 4.78 is 14.1. The zero-order chi connectivity index (χ0) is 13.9. The Morgan fingerprint density at radius 3 is 2.65 bits per heavy atom. The minimum absolute atomic E-state index is 0.188. The Hall–Kier alpha value is -1.37. The topological polar surface area (TPSA) is 23.5 Å². The van der Waals surface area contributed by atoms with Crippen LogP contribution in [0.2, 0.25) is 0 Å². The number of halogens is 1. The van der Waals surface area contributed by atoms with Gasteiger partial charge in [0.25, 0.3) is 0 Å². The standard InChI is InChI=1S/C17H20FNO/c18-17-9-13(3-2-8-20)6-7-16(17)12-19-10-14-4-1-5-15(14)11-19/h6-7,9,14-15,20H,1,4-5,8,10-12H2. The molecule has 2 nitrogen and oxygen atoms in total. The van der Waals surface area contributed by atoms with E-state index in [1.165, 1.54) is 25.3 Å². The van der Waals surface area contributed by atoms with Crippen molar-refractivity contribution >= 4 is 0 Å². The van der Waals surface area contributed by atoms with Crippen molar-refractivity contribution in [2.75, 3.05) is 19.7 Å². The van der Waals surface area contributed by atoms with Crippen LogP contribution < -0.4 is 0 Å². The van der Waals surface area contributed by atoms with Gasteiger partial charge >= 0.3 is 0 Å². The van der Waals surface area contributed by atoms with Crippen LogP contribution in [0.3, 0.4) is 0 Å². The van der Waals surface area contributed by atoms with Crippen LogP contribution in [0.1, 0.15) is 30.4 Å². The number of hydrogen-bond donors (Lipinski definition) is 1. The number of hydrogen-bond acceptors (Lipinski definition) is 2. The molecule has 0 spiro atoms. The molecule has 2 fully saturated rings. The third-order valence-corrected chi connectivity index (χ3v) is 4.56. The van der Waals surface area contributed by atoms with Gasteiger partial charge in [-0.3, -0.25) is 4.90 Å². The van der Waals surface area contributed by atoms with Gasteiger partial charge in [-0.1, -0.05) is 24.3 Å². The van der Waals surface area contributed by atoms with Crippen LogP contribution in [-0.2, 0) is 6.54 Å². The molecule has 3 heteroatoms. The predicted molar refractivity (Wildman–Crippen MR) is 76.5 cm³/mol. The zero-order valence-corrected chi connectivity index (χ0v) is 11.6. The van der Waals surface area contributed by atoms with Gasteiger partial charge < -0.3 is 5.11 Å². The average Bonchev–Trinajstić information content (AvgIpc) is 3.00. The van der Waals surface area contributed by atoms with Crippen LogP contribution in [0.5, 0.6) is 0 Å². The van der Waals surface area contributed by atoms with Crippen molar-refractivity contribution in [2.45, 2.75) is 25.8 Å². The summed E-state index contributed by atoms with van der Waals surface area (Å²) in [6, 6.07) is 5.12. The fourth-order valence-electron chi connectivity index (χ4n) is 3.60. The van der Waals surface area contributed by atoms with Crippen molar-refractivity contribution in [2.24, 2.45) is 11.8 Å². The minimum Gasteiger partial charge on any atom is -0.384 e. The second-order valence-corrected chi connectivity index (χ2v) is 5.91. The van der Waals surface area contributed by atoms with Crippen LogP contribution in [0.25, 0.3) is 0 Å². The van der Waals surface area contributed by atoms with Crippen LogP contribution in [-0.4, -0.2) is 29.7 Å². The Balaban J connectivity index is 1.66. The Bertz CT molecular complexity index is 534. The molecule has 106 valence electrons. The lowest BCUT2D eigenvalue weighted by molar-refractivity contribution is 0.299. The molecule has 0 radical (unpaired) electrons. The maximum absolute atomic E-state index is 14.1. The highest BCUT2D eigenvalue weighted by Crippen LogP contribution is 2.38. The molecule has 1 saturated heterocycles. The smallest absolute Gasteiger partial charge is 0.128 e. The summed E-state index contributed by atoms with van der Waals surface area (Å²) in [5.74, 6) is 6.77. The first-order valence-electron chi connectivity index (χ1n) is 7.37. The lowest BCUT2D eigenvalue weighted by Gasteiger charge is -2.17. The van der Waals surface area contributed by atoms with E-state index >= 15 is 0 Å². The summed E-state index contributed by atoms with van der Waals surface area (Å²) in [4.78, 5) is 2.38. The first kappa shape index (κ1) is 13.6. The lowest BCUT2D eigenvalue weighted by Crippen LogP contribution is -2.21. The molecule has 0 amide bonds. The SMILES string of the molecule is OCC#Cc1ccc(CN2CC3CCCC3C2)c(F)c1. The number of fused-ring (bicyclic) bond motifs is 1. The highest BCUT2D eigenvalue weighted by molar-refractivity contribution is 5.37. The molecule has 3 rings (SSSR count). The maximum atomic E-state index is 14.1. The van der Waals surface area contributed by atoms with Gasteiger partial charge in [0.1, 0.15) is 12.4 Å². The van der Waals surface area contributed by atoms with E-state index in [9.17, 15) is 4.39 Å². The Morgan fingerprint density at radius 1 is 1.25 bits per heavy atom. The summed E-state index contributed by atoms with van der Waals surface area (Å²) in [6.45, 7) is 2.75. The molecule has 0 bridgehead atoms. The molecule has 1 aromatic carbocycles. The van der Waals surface area contributed by atoms with E-state index in [0.29, 0.717) is 12.1 Å². The fraction of sp³-hybridized carbons (Fsp3) is 0.529. The Kier molecular flexibility index (Phi) is 4.05. The molecule has 2 unspecified atom stereocenters. The van der Waals surface area contributed by atoms with Gasteiger partial charge in [0.15, 0.2) is 0 Å². The van der Waals surface area contributed by atoms with E-state index in [-0.39, 0.29) is 12.4 Å². The number of likely N-dealkylation sites (tertiary alicyclic amines) is 1. The number of aliphatic hydroxyl groups excluding tert-OH is 1. The molecule has 1 aromatic rings. The monoisotopic (exact) mass is 273 g/mol. The average molecular weight is 273 g/mol. The van der Waals surface area contributed by atoms with E-state index in [0.717, 1.165) is 30.5 Å². The van der Waals surface area contributed by atoms with Gasteiger partial charge in [-0.15, -0.1) is 0 Å². The molecule has 0 aromatic heterocycles. The molecule has 20 heavy (non-hydrogen) atoms. The maximum Gasteiger partial charge on any atom is 0.128 e. The molecule has 2 atom stereocenters. The first-order valence-corrected chi connectivity index (χ1v) is 7.37. The molecule has 1 N–H and O–H groups in total. The molecular formula is C17H20FNO. The second-order valence-electron chi connectivity index (χ2n) is 5.91. The van der Waals surface area contributed by atoms with Crippen LogP contribution in [0.15, 0.2) is 18.2 Å². The van der Waals surface area contributed by atoms with Crippen molar-refractivity contribution in [3.05, 3.63) is 35.1 Å². The lowest BCUT2D eigenvalue weighted by atomic mass is 10.0. The molecule has 1 aliphatic carbocycles. The van der Waals surface area contributed by atoms with E-state index in [2.05, 4.69) is 16.7 Å². The fourth-order valence-corrected chi connectivity index (χ4v) is 3.60. The number of benzene rings is 1. The molecule has 1 aliphatic heterocycles.